The third-order valence-corrected chi connectivity index (χ3v) is 7.51. The van der Waals surface area contributed by atoms with Crippen molar-refractivity contribution in [1.29, 1.82) is 0 Å². The normalized spacial score (nSPS) is 15.1. The summed E-state index contributed by atoms with van der Waals surface area (Å²) in [7, 11) is 0. The summed E-state index contributed by atoms with van der Waals surface area (Å²) in [5, 5.41) is 0. The van der Waals surface area contributed by atoms with Crippen molar-refractivity contribution in [3.8, 4) is 17.1 Å². The SMILES string of the molecule is CCOC(=O)C1=C(C)N=c2sc(=Cc3ccc(-c4ccc(Br)cc4)o3)c(=O)n2[C@H]1c1ccc(OC(C)=O)cc1. The minimum absolute atomic E-state index is 0.178. The molecule has 1 aliphatic heterocycles. The van der Waals surface area contributed by atoms with Crippen molar-refractivity contribution in [3.05, 3.63) is 107 Å². The van der Waals surface area contributed by atoms with Gasteiger partial charge in [0.05, 0.1) is 28.5 Å². The Bertz CT molecular complexity index is 1780. The monoisotopic (exact) mass is 606 g/mol. The van der Waals surface area contributed by atoms with Crippen molar-refractivity contribution in [2.75, 3.05) is 6.61 Å². The quantitative estimate of drug-likeness (QED) is 0.232. The summed E-state index contributed by atoms with van der Waals surface area (Å²) in [4.78, 5) is 43.2. The highest BCUT2D eigenvalue weighted by molar-refractivity contribution is 9.10. The number of allylic oxidation sites excluding steroid dienone is 1. The average molecular weight is 607 g/mol. The van der Waals surface area contributed by atoms with Crippen LogP contribution in [0, 0.1) is 0 Å². The number of aromatic nitrogens is 1. The van der Waals surface area contributed by atoms with E-state index in [0.717, 1.165) is 10.0 Å². The van der Waals surface area contributed by atoms with Crippen molar-refractivity contribution in [3.63, 3.8) is 0 Å². The number of rotatable bonds is 6. The van der Waals surface area contributed by atoms with Crippen LogP contribution in [0.5, 0.6) is 5.75 Å². The molecule has 0 N–H and O–H groups in total. The fourth-order valence-corrected chi connectivity index (χ4v) is 5.61. The van der Waals surface area contributed by atoms with Gasteiger partial charge in [-0.3, -0.25) is 14.2 Å². The smallest absolute Gasteiger partial charge is 0.338 e. The molecule has 2 aromatic carbocycles. The molecule has 0 aliphatic carbocycles. The highest BCUT2D eigenvalue weighted by atomic mass is 79.9. The van der Waals surface area contributed by atoms with Crippen molar-refractivity contribution >= 4 is 45.3 Å². The fourth-order valence-electron chi connectivity index (χ4n) is 4.32. The summed E-state index contributed by atoms with van der Waals surface area (Å²) in [6.45, 7) is 4.94. The molecular weight excluding hydrogens is 584 g/mol. The molecule has 5 rings (SSSR count). The Hall–Kier alpha value is -4.02. The molecule has 4 aromatic rings. The molecule has 0 amide bonds. The van der Waals surface area contributed by atoms with Crippen LogP contribution in [0.1, 0.15) is 38.1 Å². The summed E-state index contributed by atoms with van der Waals surface area (Å²) in [5.41, 5.74) is 1.97. The van der Waals surface area contributed by atoms with E-state index in [1.807, 2.05) is 30.3 Å². The predicted molar refractivity (Wildman–Crippen MR) is 150 cm³/mol. The molecule has 2 aromatic heterocycles. The number of nitrogens with zero attached hydrogens (tertiary/aromatic N) is 2. The van der Waals surface area contributed by atoms with Gasteiger partial charge in [0.2, 0.25) is 0 Å². The second-order valence-corrected chi connectivity index (χ2v) is 10.6. The number of carbonyl (C=O) groups excluding carboxylic acids is 2. The topological polar surface area (TPSA) is 100 Å². The molecular formula is C29H23BrN2O6S. The van der Waals surface area contributed by atoms with E-state index in [9.17, 15) is 14.4 Å². The zero-order valence-corrected chi connectivity index (χ0v) is 23.7. The van der Waals surface area contributed by atoms with E-state index in [0.29, 0.717) is 37.9 Å². The van der Waals surface area contributed by atoms with Crippen LogP contribution in [0.2, 0.25) is 0 Å². The number of benzene rings is 2. The summed E-state index contributed by atoms with van der Waals surface area (Å²) >= 11 is 4.64. The van der Waals surface area contributed by atoms with Crippen molar-refractivity contribution in [2.45, 2.75) is 26.8 Å². The number of furan rings is 1. The van der Waals surface area contributed by atoms with Gasteiger partial charge in [0.15, 0.2) is 4.80 Å². The number of ether oxygens (including phenoxy) is 2. The zero-order valence-electron chi connectivity index (χ0n) is 21.3. The fraction of sp³-hybridized carbons (Fsp3) is 0.172. The van der Waals surface area contributed by atoms with Gasteiger partial charge in [0.1, 0.15) is 17.3 Å². The van der Waals surface area contributed by atoms with Crippen LogP contribution in [0.4, 0.5) is 0 Å². The van der Waals surface area contributed by atoms with Crippen LogP contribution < -0.4 is 19.6 Å². The van der Waals surface area contributed by atoms with Crippen molar-refractivity contribution < 1.29 is 23.5 Å². The molecule has 0 saturated carbocycles. The molecule has 0 radical (unpaired) electrons. The lowest BCUT2D eigenvalue weighted by Crippen LogP contribution is -2.39. The molecule has 1 atom stereocenters. The molecule has 10 heteroatoms. The molecule has 198 valence electrons. The van der Waals surface area contributed by atoms with Gasteiger partial charge in [0.25, 0.3) is 5.56 Å². The molecule has 0 fully saturated rings. The number of thiazole rings is 1. The Morgan fingerprint density at radius 2 is 1.82 bits per heavy atom. The number of hydrogen-bond donors (Lipinski definition) is 0. The number of esters is 2. The van der Waals surface area contributed by atoms with Crippen LogP contribution in [0.3, 0.4) is 0 Å². The summed E-state index contributed by atoms with van der Waals surface area (Å²) in [6, 6.07) is 17.3. The maximum absolute atomic E-state index is 13.8. The van der Waals surface area contributed by atoms with Gasteiger partial charge in [-0.2, -0.15) is 0 Å². The summed E-state index contributed by atoms with van der Waals surface area (Å²) < 4.78 is 19.3. The first kappa shape index (κ1) is 26.6. The Balaban J connectivity index is 1.61. The third kappa shape index (κ3) is 5.43. The highest BCUT2D eigenvalue weighted by Crippen LogP contribution is 2.32. The van der Waals surface area contributed by atoms with Gasteiger partial charge in [-0.15, -0.1) is 0 Å². The van der Waals surface area contributed by atoms with Crippen molar-refractivity contribution in [1.82, 2.24) is 4.57 Å². The van der Waals surface area contributed by atoms with Crippen LogP contribution in [0.25, 0.3) is 17.4 Å². The van der Waals surface area contributed by atoms with Gasteiger partial charge in [-0.25, -0.2) is 9.79 Å². The first-order valence-corrected chi connectivity index (χ1v) is 13.7. The van der Waals surface area contributed by atoms with Gasteiger partial charge in [-0.1, -0.05) is 51.5 Å². The summed E-state index contributed by atoms with van der Waals surface area (Å²) in [5.74, 6) is 0.554. The average Bonchev–Trinajstić information content (AvgIpc) is 3.48. The molecule has 0 bridgehead atoms. The minimum atomic E-state index is -0.774. The van der Waals surface area contributed by atoms with E-state index in [1.54, 1.807) is 50.3 Å². The Morgan fingerprint density at radius 3 is 2.49 bits per heavy atom. The van der Waals surface area contributed by atoms with Crippen LogP contribution in [0.15, 0.2) is 90.6 Å². The second kappa shape index (κ2) is 11.0. The number of hydrogen-bond acceptors (Lipinski definition) is 8. The number of fused-ring (bicyclic) bond motifs is 1. The van der Waals surface area contributed by atoms with E-state index in [1.165, 1.54) is 22.8 Å². The van der Waals surface area contributed by atoms with Gasteiger partial charge >= 0.3 is 11.9 Å². The minimum Gasteiger partial charge on any atom is -0.463 e. The van der Waals surface area contributed by atoms with Gasteiger partial charge < -0.3 is 13.9 Å². The maximum Gasteiger partial charge on any atom is 0.338 e. The molecule has 1 aliphatic rings. The number of halogens is 1. The Labute approximate surface area is 235 Å². The Morgan fingerprint density at radius 1 is 1.10 bits per heavy atom. The second-order valence-electron chi connectivity index (χ2n) is 8.67. The first-order chi connectivity index (χ1) is 18.7. The molecule has 0 saturated heterocycles. The first-order valence-electron chi connectivity index (χ1n) is 12.1. The van der Waals surface area contributed by atoms with E-state index in [-0.39, 0.29) is 17.7 Å². The van der Waals surface area contributed by atoms with E-state index < -0.39 is 18.0 Å². The highest BCUT2D eigenvalue weighted by Gasteiger charge is 2.33. The van der Waals surface area contributed by atoms with E-state index >= 15 is 0 Å². The lowest BCUT2D eigenvalue weighted by molar-refractivity contribution is -0.139. The Kier molecular flexibility index (Phi) is 7.49. The molecule has 8 nitrogen and oxygen atoms in total. The maximum atomic E-state index is 13.8. The van der Waals surface area contributed by atoms with E-state index in [2.05, 4.69) is 20.9 Å². The molecule has 0 unspecified atom stereocenters. The zero-order chi connectivity index (χ0) is 27.7. The van der Waals surface area contributed by atoms with Crippen LogP contribution in [-0.4, -0.2) is 23.1 Å². The van der Waals surface area contributed by atoms with Gasteiger partial charge in [0, 0.05) is 23.0 Å². The van der Waals surface area contributed by atoms with E-state index in [4.69, 9.17) is 13.9 Å². The molecule has 3 heterocycles. The third-order valence-electron chi connectivity index (χ3n) is 6.00. The largest absolute Gasteiger partial charge is 0.463 e. The van der Waals surface area contributed by atoms with Crippen molar-refractivity contribution in [2.24, 2.45) is 4.99 Å². The lowest BCUT2D eigenvalue weighted by Gasteiger charge is -2.24. The van der Waals surface area contributed by atoms with Crippen LogP contribution in [-0.2, 0) is 14.3 Å². The lowest BCUT2D eigenvalue weighted by atomic mass is 9.96. The predicted octanol–water partition coefficient (Wildman–Crippen LogP) is 4.75. The van der Waals surface area contributed by atoms with Gasteiger partial charge in [-0.05, 0) is 55.8 Å². The molecule has 0 spiro atoms. The summed E-state index contributed by atoms with van der Waals surface area (Å²) in [6.07, 6.45) is 1.68. The standard InChI is InChI=1S/C29H23BrN2O6S/c1-4-36-28(35)25-16(2)31-29-32(26(25)19-7-11-21(12-8-19)37-17(3)33)27(34)24(39-29)15-22-13-14-23(38-22)18-5-9-20(30)10-6-18/h5-15,26H,4H2,1-3H3/t26-/m0/s1. The molecule has 39 heavy (non-hydrogen) atoms. The van der Waals surface area contributed by atoms with Crippen LogP contribution >= 0.6 is 27.3 Å². The number of carbonyl (C=O) groups is 2.